The number of β-lactam (4-membered cyclic amide) rings is 1. The summed E-state index contributed by atoms with van der Waals surface area (Å²) in [5.41, 5.74) is 1.51. The van der Waals surface area contributed by atoms with Gasteiger partial charge in [-0.15, -0.1) is 11.3 Å². The molecule has 2 saturated heterocycles. The molecule has 1 unspecified atom stereocenters. The van der Waals surface area contributed by atoms with Crippen LogP contribution in [0.1, 0.15) is 16.1 Å². The molecule has 27 heavy (non-hydrogen) atoms. The highest BCUT2D eigenvalue weighted by Crippen LogP contribution is 2.27. The third kappa shape index (κ3) is 3.63. The van der Waals surface area contributed by atoms with E-state index in [0.717, 1.165) is 12.2 Å². The Balaban J connectivity index is 1.34. The second-order valence-electron chi connectivity index (χ2n) is 6.24. The maximum Gasteiger partial charge on any atom is 0.414 e. The van der Waals surface area contributed by atoms with E-state index in [0.29, 0.717) is 27.9 Å². The number of cyclic esters (lactones) is 1. The number of halogens is 1. The Hall–Kier alpha value is -2.58. The van der Waals surface area contributed by atoms with E-state index < -0.39 is 12.2 Å². The number of hydrogen-bond donors (Lipinski definition) is 1. The van der Waals surface area contributed by atoms with Crippen LogP contribution >= 0.6 is 22.9 Å². The van der Waals surface area contributed by atoms with Gasteiger partial charge < -0.3 is 15.0 Å². The molecule has 1 N–H and O–H groups in total. The van der Waals surface area contributed by atoms with E-state index in [2.05, 4.69) is 5.32 Å². The van der Waals surface area contributed by atoms with Crippen molar-refractivity contribution in [2.75, 3.05) is 29.4 Å². The minimum atomic E-state index is -0.457. The lowest BCUT2D eigenvalue weighted by Gasteiger charge is -2.30. The predicted molar refractivity (Wildman–Crippen MR) is 103 cm³/mol. The number of hydrogen-bond acceptors (Lipinski definition) is 5. The molecule has 1 atom stereocenters. The quantitative estimate of drug-likeness (QED) is 0.776. The van der Waals surface area contributed by atoms with Crippen molar-refractivity contribution >= 4 is 52.2 Å². The fraction of sp³-hybridized carbons (Fsp3) is 0.278. The van der Waals surface area contributed by atoms with Gasteiger partial charge in [0, 0.05) is 24.3 Å². The van der Waals surface area contributed by atoms with Crippen LogP contribution in [0.2, 0.25) is 4.34 Å². The number of carbonyl (C=O) groups is 3. The molecule has 0 saturated carbocycles. The molecule has 0 aliphatic carbocycles. The molecule has 0 bridgehead atoms. The number of thiophene rings is 1. The van der Waals surface area contributed by atoms with Crippen LogP contribution in [0.25, 0.3) is 0 Å². The average Bonchev–Trinajstić information content (AvgIpc) is 3.25. The number of rotatable bonds is 5. The zero-order chi connectivity index (χ0) is 19.0. The highest BCUT2D eigenvalue weighted by Gasteiger charge is 2.33. The van der Waals surface area contributed by atoms with Crippen molar-refractivity contribution in [2.24, 2.45) is 0 Å². The molecule has 0 spiro atoms. The van der Waals surface area contributed by atoms with Gasteiger partial charge >= 0.3 is 6.09 Å². The molecule has 2 fully saturated rings. The first kappa shape index (κ1) is 17.8. The molecule has 0 radical (unpaired) electrons. The van der Waals surface area contributed by atoms with E-state index in [1.165, 1.54) is 16.2 Å². The van der Waals surface area contributed by atoms with Gasteiger partial charge in [0.05, 0.1) is 22.3 Å². The highest BCUT2D eigenvalue weighted by molar-refractivity contribution is 7.18. The van der Waals surface area contributed by atoms with E-state index in [-0.39, 0.29) is 18.4 Å². The zero-order valence-corrected chi connectivity index (χ0v) is 15.8. The molecular weight excluding hydrogens is 390 g/mol. The number of nitrogens with one attached hydrogen (secondary N) is 1. The van der Waals surface area contributed by atoms with E-state index in [1.807, 2.05) is 12.1 Å². The lowest BCUT2D eigenvalue weighted by Crippen LogP contribution is -2.43. The van der Waals surface area contributed by atoms with Crippen LogP contribution in [0.5, 0.6) is 0 Å². The smallest absolute Gasteiger partial charge is 0.414 e. The Morgan fingerprint density at radius 2 is 1.85 bits per heavy atom. The Labute approximate surface area is 164 Å². The fourth-order valence-electron chi connectivity index (χ4n) is 2.97. The van der Waals surface area contributed by atoms with Crippen molar-refractivity contribution < 1.29 is 19.1 Å². The van der Waals surface area contributed by atoms with Gasteiger partial charge in [-0.1, -0.05) is 11.6 Å². The molecular formula is C18H16ClN3O4S. The van der Waals surface area contributed by atoms with Gasteiger partial charge in [0.15, 0.2) is 0 Å². The standard InChI is InChI=1S/C18H16ClN3O4S/c19-15-6-5-14(27-15)17(24)20-9-13-10-22(18(25)26-13)12-3-1-11(2-4-12)21-8-7-16(21)23/h1-6,13H,7-10H2,(H,20,24). The molecule has 2 aromatic rings. The summed E-state index contributed by atoms with van der Waals surface area (Å²) in [4.78, 5) is 39.4. The molecule has 2 aliphatic heterocycles. The van der Waals surface area contributed by atoms with Crippen molar-refractivity contribution in [1.82, 2.24) is 5.32 Å². The molecule has 9 heteroatoms. The number of amides is 3. The van der Waals surface area contributed by atoms with Crippen LogP contribution in [0, 0.1) is 0 Å². The van der Waals surface area contributed by atoms with Gasteiger partial charge in [0.1, 0.15) is 6.10 Å². The summed E-state index contributed by atoms with van der Waals surface area (Å²) in [6, 6.07) is 10.5. The third-order valence-electron chi connectivity index (χ3n) is 4.48. The third-order valence-corrected chi connectivity index (χ3v) is 5.71. The van der Waals surface area contributed by atoms with Crippen molar-refractivity contribution in [2.45, 2.75) is 12.5 Å². The maximum atomic E-state index is 12.2. The van der Waals surface area contributed by atoms with E-state index in [9.17, 15) is 14.4 Å². The molecule has 140 valence electrons. The first-order valence-corrected chi connectivity index (χ1v) is 9.63. The van der Waals surface area contributed by atoms with Crippen LogP contribution in [0.3, 0.4) is 0 Å². The molecule has 4 rings (SSSR count). The van der Waals surface area contributed by atoms with E-state index >= 15 is 0 Å². The minimum Gasteiger partial charge on any atom is -0.442 e. The van der Waals surface area contributed by atoms with E-state index in [4.69, 9.17) is 16.3 Å². The predicted octanol–water partition coefficient (Wildman–Crippen LogP) is 2.89. The molecule has 3 amide bonds. The monoisotopic (exact) mass is 405 g/mol. The summed E-state index contributed by atoms with van der Waals surface area (Å²) in [5, 5.41) is 2.76. The summed E-state index contributed by atoms with van der Waals surface area (Å²) < 4.78 is 5.88. The molecule has 3 heterocycles. The van der Waals surface area contributed by atoms with Gasteiger partial charge in [0.2, 0.25) is 5.91 Å². The van der Waals surface area contributed by atoms with Crippen molar-refractivity contribution in [1.29, 1.82) is 0 Å². The van der Waals surface area contributed by atoms with Crippen LogP contribution in [0.15, 0.2) is 36.4 Å². The van der Waals surface area contributed by atoms with Gasteiger partial charge in [-0.2, -0.15) is 0 Å². The zero-order valence-electron chi connectivity index (χ0n) is 14.2. The largest absolute Gasteiger partial charge is 0.442 e. The normalized spacial score (nSPS) is 19.1. The Morgan fingerprint density at radius 3 is 2.41 bits per heavy atom. The fourth-order valence-corrected chi connectivity index (χ4v) is 3.93. The number of carbonyl (C=O) groups excluding carboxylic acids is 3. The summed E-state index contributed by atoms with van der Waals surface area (Å²) >= 11 is 7.02. The van der Waals surface area contributed by atoms with Crippen molar-refractivity contribution in [3.05, 3.63) is 45.6 Å². The highest BCUT2D eigenvalue weighted by atomic mass is 35.5. The summed E-state index contributed by atoms with van der Waals surface area (Å²) in [6.45, 7) is 1.28. The first-order valence-electron chi connectivity index (χ1n) is 8.43. The topological polar surface area (TPSA) is 79.0 Å². The average molecular weight is 406 g/mol. The van der Waals surface area contributed by atoms with Crippen molar-refractivity contribution in [3.8, 4) is 0 Å². The Morgan fingerprint density at radius 1 is 1.15 bits per heavy atom. The van der Waals surface area contributed by atoms with Gasteiger partial charge in [-0.3, -0.25) is 14.5 Å². The van der Waals surface area contributed by atoms with Crippen LogP contribution in [-0.4, -0.2) is 43.6 Å². The number of benzene rings is 1. The van der Waals surface area contributed by atoms with Crippen LogP contribution in [-0.2, 0) is 9.53 Å². The number of anilines is 2. The maximum absolute atomic E-state index is 12.2. The lowest BCUT2D eigenvalue weighted by atomic mass is 10.1. The van der Waals surface area contributed by atoms with E-state index in [1.54, 1.807) is 29.2 Å². The first-order chi connectivity index (χ1) is 13.0. The molecule has 1 aromatic heterocycles. The lowest BCUT2D eigenvalue weighted by molar-refractivity contribution is -0.122. The SMILES string of the molecule is O=C(NCC1CN(c2ccc(N3CCC3=O)cc2)C(=O)O1)c1ccc(Cl)s1. The van der Waals surface area contributed by atoms with Gasteiger partial charge in [0.25, 0.3) is 5.91 Å². The second-order valence-corrected chi connectivity index (χ2v) is 7.96. The molecule has 1 aromatic carbocycles. The Kier molecular flexibility index (Phi) is 4.75. The number of ether oxygens (including phenoxy) is 1. The summed E-state index contributed by atoms with van der Waals surface area (Å²) in [7, 11) is 0. The molecule has 7 nitrogen and oxygen atoms in total. The van der Waals surface area contributed by atoms with Gasteiger partial charge in [-0.25, -0.2) is 4.79 Å². The van der Waals surface area contributed by atoms with Crippen LogP contribution < -0.4 is 15.1 Å². The van der Waals surface area contributed by atoms with Crippen LogP contribution in [0.4, 0.5) is 16.2 Å². The number of nitrogens with zero attached hydrogens (tertiary/aromatic N) is 2. The van der Waals surface area contributed by atoms with Gasteiger partial charge in [-0.05, 0) is 36.4 Å². The summed E-state index contributed by atoms with van der Waals surface area (Å²) in [6.07, 6.45) is -0.319. The second kappa shape index (κ2) is 7.21. The van der Waals surface area contributed by atoms with Crippen molar-refractivity contribution in [3.63, 3.8) is 0 Å². The molecule has 2 aliphatic rings. The summed E-state index contributed by atoms with van der Waals surface area (Å²) in [5.74, 6) is -0.142. The Bertz CT molecular complexity index is 898. The minimum absolute atomic E-state index is 0.103.